The van der Waals surface area contributed by atoms with Crippen LogP contribution in [0.5, 0.6) is 0 Å². The number of nitrogens with zero attached hydrogens (tertiary/aromatic N) is 2. The van der Waals surface area contributed by atoms with Crippen molar-refractivity contribution in [3.05, 3.63) is 29.8 Å². The van der Waals surface area contributed by atoms with E-state index in [9.17, 15) is 13.2 Å². The van der Waals surface area contributed by atoms with E-state index in [1.165, 1.54) is 24.5 Å². The number of allylic oxidation sites excluding steroid dienone is 1. The third-order valence-corrected chi connectivity index (χ3v) is 6.92. The number of sulfonamides is 1. The molecule has 0 aliphatic heterocycles. The molecule has 0 radical (unpaired) electrons. The maximum absolute atomic E-state index is 12.9. The van der Waals surface area contributed by atoms with E-state index in [0.29, 0.717) is 17.6 Å². The van der Waals surface area contributed by atoms with Crippen LogP contribution in [0.1, 0.15) is 46.0 Å². The van der Waals surface area contributed by atoms with Crippen LogP contribution in [0.4, 0.5) is 0 Å². The molecule has 152 valence electrons. The average Bonchev–Trinajstić information content (AvgIpc) is 3.15. The first-order valence-corrected chi connectivity index (χ1v) is 11.8. The van der Waals surface area contributed by atoms with E-state index in [0.717, 1.165) is 31.0 Å². The highest BCUT2D eigenvalue weighted by atomic mass is 32.2. The smallest absolute Gasteiger partial charge is 0.243 e. The van der Waals surface area contributed by atoms with E-state index in [2.05, 4.69) is 24.9 Å². The van der Waals surface area contributed by atoms with Gasteiger partial charge in [0, 0.05) is 6.54 Å². The van der Waals surface area contributed by atoms with Crippen molar-refractivity contribution in [3.63, 3.8) is 0 Å². The summed E-state index contributed by atoms with van der Waals surface area (Å²) in [6.45, 7) is 4.16. The molecule has 2 aromatic rings. The van der Waals surface area contributed by atoms with Crippen molar-refractivity contribution in [1.29, 1.82) is 0 Å². The molecule has 1 aliphatic carbocycles. The monoisotopic (exact) mass is 422 g/mol. The number of benzene rings is 1. The van der Waals surface area contributed by atoms with Crippen molar-refractivity contribution in [2.45, 2.75) is 56.9 Å². The molecule has 0 spiro atoms. The molecule has 1 aromatic carbocycles. The Morgan fingerprint density at radius 2 is 2.07 bits per heavy atom. The summed E-state index contributed by atoms with van der Waals surface area (Å²) in [4.78, 5) is 12.7. The molecule has 0 saturated carbocycles. The summed E-state index contributed by atoms with van der Waals surface area (Å²) in [5, 5.41) is 2.88. The molecular weight excluding hydrogens is 396 g/mol. The van der Waals surface area contributed by atoms with Crippen LogP contribution in [0, 0.1) is 5.92 Å². The van der Waals surface area contributed by atoms with Gasteiger partial charge in [0.15, 0.2) is 0 Å². The molecule has 2 N–H and O–H groups in total. The summed E-state index contributed by atoms with van der Waals surface area (Å²) in [7, 11) is -3.91. The quantitative estimate of drug-likeness (QED) is 0.637. The molecule has 0 bridgehead atoms. The zero-order chi connectivity index (χ0) is 20.1. The van der Waals surface area contributed by atoms with Crippen LogP contribution in [0.25, 0.3) is 11.0 Å². The number of aromatic nitrogens is 2. The Bertz CT molecular complexity index is 966. The predicted molar refractivity (Wildman–Crippen MR) is 111 cm³/mol. The summed E-state index contributed by atoms with van der Waals surface area (Å²) in [6.07, 6.45) is 7.68. The molecule has 7 nitrogen and oxygen atoms in total. The number of nitrogens with one attached hydrogen (secondary N) is 2. The molecule has 0 fully saturated rings. The van der Waals surface area contributed by atoms with Gasteiger partial charge in [-0.05, 0) is 50.2 Å². The Labute approximate surface area is 170 Å². The van der Waals surface area contributed by atoms with E-state index in [1.54, 1.807) is 12.1 Å². The van der Waals surface area contributed by atoms with E-state index in [4.69, 9.17) is 0 Å². The fraction of sp³-hybridized carbons (Fsp3) is 0.526. The van der Waals surface area contributed by atoms with Crippen LogP contribution in [-0.2, 0) is 14.8 Å². The van der Waals surface area contributed by atoms with Crippen LogP contribution in [0.15, 0.2) is 34.7 Å². The van der Waals surface area contributed by atoms with Crippen molar-refractivity contribution < 1.29 is 13.2 Å². The Morgan fingerprint density at radius 3 is 2.79 bits per heavy atom. The lowest BCUT2D eigenvalue weighted by atomic mass is 9.97. The van der Waals surface area contributed by atoms with Gasteiger partial charge in [0.1, 0.15) is 22.0 Å². The fourth-order valence-corrected chi connectivity index (χ4v) is 5.42. The molecule has 0 unspecified atom stereocenters. The molecule has 1 aliphatic rings. The zero-order valence-corrected chi connectivity index (χ0v) is 17.8. The third-order valence-electron chi connectivity index (χ3n) is 4.90. The first kappa shape index (κ1) is 20.9. The molecule has 1 aromatic heterocycles. The first-order chi connectivity index (χ1) is 13.4. The number of amides is 1. The minimum absolute atomic E-state index is 0.0459. The van der Waals surface area contributed by atoms with Gasteiger partial charge < -0.3 is 5.32 Å². The molecule has 0 saturated heterocycles. The lowest BCUT2D eigenvalue weighted by Gasteiger charge is -2.22. The second-order valence-corrected chi connectivity index (χ2v) is 9.59. The Kier molecular flexibility index (Phi) is 6.79. The number of hydrogen-bond donors (Lipinski definition) is 2. The molecule has 1 amide bonds. The summed E-state index contributed by atoms with van der Waals surface area (Å²) in [5.74, 6) is -0.505. The maximum atomic E-state index is 12.9. The summed E-state index contributed by atoms with van der Waals surface area (Å²) in [6, 6.07) is 3.97. The van der Waals surface area contributed by atoms with Crippen LogP contribution in [-0.4, -0.2) is 35.7 Å². The average molecular weight is 423 g/mol. The third kappa shape index (κ3) is 4.95. The molecule has 28 heavy (non-hydrogen) atoms. The van der Waals surface area contributed by atoms with E-state index >= 15 is 0 Å². The highest BCUT2D eigenvalue weighted by Crippen LogP contribution is 2.22. The molecule has 1 heterocycles. The van der Waals surface area contributed by atoms with Gasteiger partial charge in [-0.1, -0.05) is 31.6 Å². The largest absolute Gasteiger partial charge is 0.354 e. The summed E-state index contributed by atoms with van der Waals surface area (Å²) in [5.41, 5.74) is 2.22. The van der Waals surface area contributed by atoms with Gasteiger partial charge >= 0.3 is 0 Å². The van der Waals surface area contributed by atoms with Crippen molar-refractivity contribution in [2.24, 2.45) is 5.92 Å². The highest BCUT2D eigenvalue weighted by Gasteiger charge is 2.29. The standard InChI is InChI=1S/C19H26N4O3S2/c1-13(2)17(19(24)20-12-11-14-7-4-3-5-8-14)23-28(25,26)16-10-6-9-15-18(16)22-27-21-15/h6-7,9-10,13,17,23H,3-5,8,11-12H2,1-2H3,(H,20,24)/t17-/m0/s1. The van der Waals surface area contributed by atoms with Crippen LogP contribution < -0.4 is 10.0 Å². The first-order valence-electron chi connectivity index (χ1n) is 9.58. The Hall–Kier alpha value is -1.84. The van der Waals surface area contributed by atoms with Gasteiger partial charge in [-0.3, -0.25) is 4.79 Å². The summed E-state index contributed by atoms with van der Waals surface area (Å²) < 4.78 is 36.6. The molecule has 1 atom stereocenters. The second-order valence-electron chi connectivity index (χ2n) is 7.38. The van der Waals surface area contributed by atoms with Gasteiger partial charge in [0.2, 0.25) is 15.9 Å². The Balaban J connectivity index is 1.68. The minimum atomic E-state index is -3.91. The minimum Gasteiger partial charge on any atom is -0.354 e. The lowest BCUT2D eigenvalue weighted by Crippen LogP contribution is -2.49. The second kappa shape index (κ2) is 9.11. The van der Waals surface area contributed by atoms with Crippen molar-refractivity contribution in [1.82, 2.24) is 18.8 Å². The van der Waals surface area contributed by atoms with Gasteiger partial charge in [0.25, 0.3) is 0 Å². The Morgan fingerprint density at radius 1 is 1.25 bits per heavy atom. The van der Waals surface area contributed by atoms with Gasteiger partial charge in [-0.25, -0.2) is 8.42 Å². The topological polar surface area (TPSA) is 101 Å². The fourth-order valence-electron chi connectivity index (χ4n) is 3.31. The van der Waals surface area contributed by atoms with E-state index < -0.39 is 16.1 Å². The number of carbonyl (C=O) groups excluding carboxylic acids is 1. The zero-order valence-electron chi connectivity index (χ0n) is 16.1. The van der Waals surface area contributed by atoms with E-state index in [1.807, 2.05) is 13.8 Å². The molecular formula is C19H26N4O3S2. The molecule has 9 heteroatoms. The SMILES string of the molecule is CC(C)[C@H](NS(=O)(=O)c1cccc2nsnc12)C(=O)NCCC1=CCCCC1. The van der Waals surface area contributed by atoms with Gasteiger partial charge in [-0.15, -0.1) is 0 Å². The molecule has 3 rings (SSSR count). The van der Waals surface area contributed by atoms with Crippen molar-refractivity contribution in [2.75, 3.05) is 6.54 Å². The summed E-state index contributed by atoms with van der Waals surface area (Å²) >= 11 is 0.962. The number of rotatable bonds is 8. The maximum Gasteiger partial charge on any atom is 0.243 e. The number of fused-ring (bicyclic) bond motifs is 1. The predicted octanol–water partition coefficient (Wildman–Crippen LogP) is 3.00. The number of carbonyl (C=O) groups is 1. The van der Waals surface area contributed by atoms with Crippen molar-refractivity contribution >= 4 is 38.7 Å². The van der Waals surface area contributed by atoms with Gasteiger partial charge in [0.05, 0.1) is 11.7 Å². The van der Waals surface area contributed by atoms with Crippen LogP contribution in [0.3, 0.4) is 0 Å². The van der Waals surface area contributed by atoms with Crippen LogP contribution >= 0.6 is 11.7 Å². The van der Waals surface area contributed by atoms with Crippen LogP contribution in [0.2, 0.25) is 0 Å². The normalized spacial score (nSPS) is 16.2. The lowest BCUT2D eigenvalue weighted by molar-refractivity contribution is -0.123. The number of hydrogen-bond acceptors (Lipinski definition) is 6. The van der Waals surface area contributed by atoms with Gasteiger partial charge in [-0.2, -0.15) is 13.5 Å². The van der Waals surface area contributed by atoms with E-state index in [-0.39, 0.29) is 16.7 Å². The highest BCUT2D eigenvalue weighted by molar-refractivity contribution is 7.89. The van der Waals surface area contributed by atoms with Crippen molar-refractivity contribution in [3.8, 4) is 0 Å².